The van der Waals surface area contributed by atoms with Crippen LogP contribution in [-0.2, 0) is 15.0 Å². The van der Waals surface area contributed by atoms with Crippen LogP contribution < -0.4 is 21.7 Å². The van der Waals surface area contributed by atoms with E-state index >= 15 is 0 Å². The molecular weight excluding hydrogens is 376 g/mol. The fraction of sp³-hybridized carbons (Fsp3) is 0.333. The van der Waals surface area contributed by atoms with Gasteiger partial charge in [-0.1, -0.05) is 38.0 Å². The largest absolute Gasteiger partial charge is 0.398 e. The number of fused-ring (bicyclic) bond motifs is 1. The Bertz CT molecular complexity index is 995. The number of nitrogens with two attached hydrogens (primary N) is 2. The number of nitrogen functional groups attached to an aromatic ring is 2. The van der Waals surface area contributed by atoms with E-state index in [9.17, 15) is 9.59 Å². The summed E-state index contributed by atoms with van der Waals surface area (Å²) in [6, 6.07) is 10.9. The lowest BCUT2D eigenvalue weighted by Gasteiger charge is -2.20. The van der Waals surface area contributed by atoms with Gasteiger partial charge < -0.3 is 21.7 Å². The zero-order valence-corrected chi connectivity index (χ0v) is 17.9. The van der Waals surface area contributed by atoms with Crippen molar-refractivity contribution >= 4 is 40.6 Å². The summed E-state index contributed by atoms with van der Waals surface area (Å²) in [6.07, 6.45) is 6.20. The molecule has 0 bridgehead atoms. The molecule has 2 amide bonds. The predicted molar refractivity (Wildman–Crippen MR) is 124 cm³/mol. The maximum Gasteiger partial charge on any atom is 0.248 e. The maximum absolute atomic E-state index is 13.0. The third kappa shape index (κ3) is 4.17. The fourth-order valence-electron chi connectivity index (χ4n) is 3.74. The van der Waals surface area contributed by atoms with Gasteiger partial charge in [0.15, 0.2) is 0 Å². The minimum atomic E-state index is -0.664. The van der Waals surface area contributed by atoms with Gasteiger partial charge in [-0.25, -0.2) is 0 Å². The Hall–Kier alpha value is -3.28. The quantitative estimate of drug-likeness (QED) is 0.362. The van der Waals surface area contributed by atoms with Crippen molar-refractivity contribution in [2.24, 2.45) is 0 Å². The fourth-order valence-corrected chi connectivity index (χ4v) is 3.74. The molecule has 1 heterocycles. The molecule has 5 N–H and O–H groups in total. The number of para-hydroxylation sites is 1. The molecule has 0 aliphatic carbocycles. The molecule has 6 heteroatoms. The summed E-state index contributed by atoms with van der Waals surface area (Å²) < 4.78 is 0. The first-order valence-electron chi connectivity index (χ1n) is 10.3. The monoisotopic (exact) mass is 406 g/mol. The van der Waals surface area contributed by atoms with E-state index in [1.807, 2.05) is 43.0 Å². The lowest BCUT2D eigenvalue weighted by Crippen LogP contribution is -2.36. The van der Waals surface area contributed by atoms with Crippen LogP contribution in [0.4, 0.5) is 22.7 Å². The number of hydrogen-bond acceptors (Lipinski definition) is 4. The lowest BCUT2D eigenvalue weighted by atomic mass is 9.86. The normalized spacial score (nSPS) is 14.9. The SMILES string of the molecule is CCCCCN1C(=O)C(C)(C)c2cc(NC(=O)C=Cc3ccccc3N)c(N)cc21. The lowest BCUT2D eigenvalue weighted by molar-refractivity contribution is -0.122. The van der Waals surface area contributed by atoms with Crippen molar-refractivity contribution in [2.45, 2.75) is 45.4 Å². The van der Waals surface area contributed by atoms with Gasteiger partial charge in [0.2, 0.25) is 11.8 Å². The molecule has 2 aromatic rings. The van der Waals surface area contributed by atoms with Gasteiger partial charge in [0.25, 0.3) is 0 Å². The van der Waals surface area contributed by atoms with Crippen molar-refractivity contribution in [3.63, 3.8) is 0 Å². The van der Waals surface area contributed by atoms with E-state index in [-0.39, 0.29) is 11.8 Å². The van der Waals surface area contributed by atoms with Crippen LogP contribution in [-0.4, -0.2) is 18.4 Å². The van der Waals surface area contributed by atoms with Crippen molar-refractivity contribution < 1.29 is 9.59 Å². The number of unbranched alkanes of at least 4 members (excludes halogenated alkanes) is 2. The third-order valence-electron chi connectivity index (χ3n) is 5.57. The third-order valence-corrected chi connectivity index (χ3v) is 5.57. The van der Waals surface area contributed by atoms with Crippen LogP contribution >= 0.6 is 0 Å². The Morgan fingerprint density at radius 1 is 1.13 bits per heavy atom. The number of amides is 2. The van der Waals surface area contributed by atoms with Crippen molar-refractivity contribution in [3.05, 3.63) is 53.6 Å². The Kier molecular flexibility index (Phi) is 6.15. The second kappa shape index (κ2) is 8.61. The molecule has 3 rings (SSSR count). The van der Waals surface area contributed by atoms with Gasteiger partial charge >= 0.3 is 0 Å². The summed E-state index contributed by atoms with van der Waals surface area (Å²) in [5.74, 6) is -0.247. The number of rotatable bonds is 7. The minimum Gasteiger partial charge on any atom is -0.398 e. The standard InChI is InChI=1S/C24H30N4O2/c1-4-5-8-13-28-21-15-19(26)20(14-17(21)24(2,3)23(28)30)27-22(29)12-11-16-9-6-7-10-18(16)25/h6-7,9-12,14-15H,4-5,8,13,25-26H2,1-3H3,(H,27,29). The molecule has 158 valence electrons. The first-order chi connectivity index (χ1) is 14.3. The molecule has 0 fully saturated rings. The first kappa shape index (κ1) is 21.4. The van der Waals surface area contributed by atoms with E-state index in [2.05, 4.69) is 12.2 Å². The molecule has 1 aliphatic rings. The average molecular weight is 407 g/mol. The molecule has 1 aliphatic heterocycles. The Morgan fingerprint density at radius 2 is 1.87 bits per heavy atom. The van der Waals surface area contributed by atoms with E-state index in [1.54, 1.807) is 18.2 Å². The van der Waals surface area contributed by atoms with E-state index in [0.29, 0.717) is 23.6 Å². The zero-order valence-electron chi connectivity index (χ0n) is 17.9. The summed E-state index contributed by atoms with van der Waals surface area (Å²) in [5, 5.41) is 2.83. The van der Waals surface area contributed by atoms with Gasteiger partial charge in [0, 0.05) is 18.3 Å². The van der Waals surface area contributed by atoms with Gasteiger partial charge in [-0.2, -0.15) is 0 Å². The Labute approximate surface area is 177 Å². The predicted octanol–water partition coefficient (Wildman–Crippen LogP) is 4.32. The van der Waals surface area contributed by atoms with Crippen LogP contribution in [0.5, 0.6) is 0 Å². The van der Waals surface area contributed by atoms with Crippen LogP contribution in [0.2, 0.25) is 0 Å². The first-order valence-corrected chi connectivity index (χ1v) is 10.3. The number of benzene rings is 2. The van der Waals surface area contributed by atoms with Crippen LogP contribution in [0.3, 0.4) is 0 Å². The van der Waals surface area contributed by atoms with E-state index in [4.69, 9.17) is 11.5 Å². The van der Waals surface area contributed by atoms with Gasteiger partial charge in [0.05, 0.1) is 22.5 Å². The number of hydrogen-bond donors (Lipinski definition) is 3. The van der Waals surface area contributed by atoms with Crippen LogP contribution in [0.25, 0.3) is 6.08 Å². The molecular formula is C24H30N4O2. The highest BCUT2D eigenvalue weighted by molar-refractivity contribution is 6.10. The van der Waals surface area contributed by atoms with E-state index < -0.39 is 5.41 Å². The van der Waals surface area contributed by atoms with Crippen molar-refractivity contribution in [3.8, 4) is 0 Å². The molecule has 6 nitrogen and oxygen atoms in total. The van der Waals surface area contributed by atoms with E-state index in [0.717, 1.165) is 36.1 Å². The van der Waals surface area contributed by atoms with Crippen molar-refractivity contribution in [1.29, 1.82) is 0 Å². The van der Waals surface area contributed by atoms with Crippen molar-refractivity contribution in [2.75, 3.05) is 28.2 Å². The molecule has 0 aromatic heterocycles. The number of anilines is 4. The Morgan fingerprint density at radius 3 is 2.57 bits per heavy atom. The molecule has 2 aromatic carbocycles. The summed E-state index contributed by atoms with van der Waals surface area (Å²) in [4.78, 5) is 27.3. The summed E-state index contributed by atoms with van der Waals surface area (Å²) in [6.45, 7) is 6.63. The average Bonchev–Trinajstić information content (AvgIpc) is 2.88. The number of carbonyl (C=O) groups excluding carboxylic acids is 2. The molecule has 0 radical (unpaired) electrons. The molecule has 0 spiro atoms. The van der Waals surface area contributed by atoms with Crippen LogP contribution in [0.1, 0.15) is 51.2 Å². The summed E-state index contributed by atoms with van der Waals surface area (Å²) in [7, 11) is 0. The highest BCUT2D eigenvalue weighted by Gasteiger charge is 2.44. The Balaban J connectivity index is 1.83. The van der Waals surface area contributed by atoms with E-state index in [1.165, 1.54) is 6.08 Å². The molecule has 0 saturated carbocycles. The topological polar surface area (TPSA) is 101 Å². The van der Waals surface area contributed by atoms with Crippen molar-refractivity contribution in [1.82, 2.24) is 0 Å². The minimum absolute atomic E-state index is 0.0657. The second-order valence-electron chi connectivity index (χ2n) is 8.20. The molecule has 30 heavy (non-hydrogen) atoms. The smallest absolute Gasteiger partial charge is 0.248 e. The van der Waals surface area contributed by atoms with Gasteiger partial charge in [0.1, 0.15) is 0 Å². The van der Waals surface area contributed by atoms with Gasteiger partial charge in [-0.3, -0.25) is 9.59 Å². The van der Waals surface area contributed by atoms with Gasteiger partial charge in [-0.15, -0.1) is 0 Å². The molecule has 0 unspecified atom stereocenters. The van der Waals surface area contributed by atoms with Gasteiger partial charge in [-0.05, 0) is 55.7 Å². The van der Waals surface area contributed by atoms with Crippen LogP contribution in [0, 0.1) is 0 Å². The summed E-state index contributed by atoms with van der Waals surface area (Å²) >= 11 is 0. The molecule has 0 saturated heterocycles. The number of carbonyl (C=O) groups is 2. The van der Waals surface area contributed by atoms with Crippen LogP contribution in [0.15, 0.2) is 42.5 Å². The highest BCUT2D eigenvalue weighted by Crippen LogP contribution is 2.45. The maximum atomic E-state index is 13.0. The molecule has 0 atom stereocenters. The highest BCUT2D eigenvalue weighted by atomic mass is 16.2. The zero-order chi connectivity index (χ0) is 21.9. The number of nitrogens with one attached hydrogen (secondary N) is 1. The second-order valence-corrected chi connectivity index (χ2v) is 8.20. The number of nitrogens with zero attached hydrogens (tertiary/aromatic N) is 1. The summed E-state index contributed by atoms with van der Waals surface area (Å²) in [5.41, 5.74) is 15.5.